The van der Waals surface area contributed by atoms with E-state index >= 15 is 0 Å². The van der Waals surface area contributed by atoms with Crippen molar-refractivity contribution in [1.29, 1.82) is 0 Å². The molecule has 1 unspecified atom stereocenters. The van der Waals surface area contributed by atoms with Gasteiger partial charge in [0.25, 0.3) is 0 Å². The molecule has 0 heterocycles. The van der Waals surface area contributed by atoms with Crippen LogP contribution in [0.2, 0.25) is 0 Å². The van der Waals surface area contributed by atoms with Gasteiger partial charge in [-0.25, -0.2) is 0 Å². The molecule has 0 spiro atoms. The van der Waals surface area contributed by atoms with Gasteiger partial charge in [0.05, 0.1) is 0 Å². The highest BCUT2D eigenvalue weighted by atomic mass is 14.7. The molecule has 1 nitrogen and oxygen atoms in total. The first-order valence-electron chi connectivity index (χ1n) is 5.52. The van der Waals surface area contributed by atoms with E-state index in [-0.39, 0.29) is 0 Å². The van der Waals surface area contributed by atoms with Crippen LogP contribution in [0.1, 0.15) is 31.7 Å². The van der Waals surface area contributed by atoms with Gasteiger partial charge in [-0.15, -0.1) is 0 Å². The van der Waals surface area contributed by atoms with Gasteiger partial charge in [-0.2, -0.15) is 0 Å². The van der Waals surface area contributed by atoms with Crippen LogP contribution in [0.25, 0.3) is 0 Å². The summed E-state index contributed by atoms with van der Waals surface area (Å²) in [7, 11) is 0. The number of hydrogen-bond acceptors (Lipinski definition) is 1. The molecule has 1 heteroatoms. The summed E-state index contributed by atoms with van der Waals surface area (Å²) in [6, 6.07) is 11.1. The largest absolute Gasteiger partial charge is 0.327 e. The lowest BCUT2D eigenvalue weighted by Crippen LogP contribution is -2.28. The molecule has 2 N–H and O–H groups in total. The number of benzene rings is 1. The molecule has 1 aliphatic rings. The molecule has 1 fully saturated rings. The van der Waals surface area contributed by atoms with Gasteiger partial charge in [-0.05, 0) is 43.6 Å². The second-order valence-electron chi connectivity index (χ2n) is 4.64. The fourth-order valence-electron chi connectivity index (χ4n) is 2.13. The van der Waals surface area contributed by atoms with Crippen LogP contribution in [-0.4, -0.2) is 6.04 Å². The van der Waals surface area contributed by atoms with Crippen molar-refractivity contribution < 1.29 is 0 Å². The molecule has 1 aromatic rings. The topological polar surface area (TPSA) is 26.0 Å². The summed E-state index contributed by atoms with van der Waals surface area (Å²) in [6.07, 6.45) is 5.10. The van der Waals surface area contributed by atoms with Crippen molar-refractivity contribution in [2.24, 2.45) is 11.1 Å². The van der Waals surface area contributed by atoms with Gasteiger partial charge in [0, 0.05) is 6.04 Å². The maximum atomic E-state index is 6.00. The molecule has 0 saturated heterocycles. The molecule has 2 rings (SSSR count). The maximum absolute atomic E-state index is 6.00. The minimum atomic E-state index is 0.367. The lowest BCUT2D eigenvalue weighted by molar-refractivity contribution is 0.390. The molecule has 0 aromatic heterocycles. The zero-order valence-corrected chi connectivity index (χ0v) is 8.87. The van der Waals surface area contributed by atoms with E-state index < -0.39 is 0 Å². The molecule has 1 atom stereocenters. The zero-order valence-electron chi connectivity index (χ0n) is 8.87. The molecule has 1 saturated carbocycles. The van der Waals surface area contributed by atoms with Crippen LogP contribution < -0.4 is 5.73 Å². The number of hydrogen-bond donors (Lipinski definition) is 1. The Balaban J connectivity index is 1.89. The van der Waals surface area contributed by atoms with Gasteiger partial charge in [-0.3, -0.25) is 0 Å². The smallest absolute Gasteiger partial charge is 0.00671 e. The minimum Gasteiger partial charge on any atom is -0.327 e. The minimum absolute atomic E-state index is 0.367. The molecule has 0 radical (unpaired) electrons. The molecule has 0 bridgehead atoms. The van der Waals surface area contributed by atoms with Crippen LogP contribution in [0.4, 0.5) is 0 Å². The normalized spacial score (nSPS) is 20.4. The van der Waals surface area contributed by atoms with E-state index in [1.807, 2.05) is 0 Å². The van der Waals surface area contributed by atoms with Crippen molar-refractivity contribution in [1.82, 2.24) is 0 Å². The van der Waals surface area contributed by atoms with Crippen LogP contribution in [0.3, 0.4) is 0 Å². The highest BCUT2D eigenvalue weighted by Crippen LogP contribution is 2.51. The Labute approximate surface area is 86.3 Å². The third-order valence-corrected chi connectivity index (χ3v) is 3.61. The predicted molar refractivity (Wildman–Crippen MR) is 60.1 cm³/mol. The first-order chi connectivity index (χ1) is 6.73. The first-order valence-corrected chi connectivity index (χ1v) is 5.52. The van der Waals surface area contributed by atoms with E-state index in [1.165, 1.54) is 31.2 Å². The predicted octanol–water partition coefficient (Wildman–Crippen LogP) is 2.75. The third-order valence-electron chi connectivity index (χ3n) is 3.61. The lowest BCUT2D eigenvalue weighted by Gasteiger charge is -2.19. The van der Waals surface area contributed by atoms with Gasteiger partial charge < -0.3 is 5.73 Å². The van der Waals surface area contributed by atoms with Crippen molar-refractivity contribution in [3.05, 3.63) is 35.9 Å². The van der Waals surface area contributed by atoms with Gasteiger partial charge in [-0.1, -0.05) is 30.3 Å². The quantitative estimate of drug-likeness (QED) is 0.774. The third kappa shape index (κ3) is 1.98. The van der Waals surface area contributed by atoms with Crippen molar-refractivity contribution in [2.45, 2.75) is 38.6 Å². The Bertz CT molecular complexity index is 285. The van der Waals surface area contributed by atoms with Crippen LogP contribution in [-0.2, 0) is 6.42 Å². The summed E-state index contributed by atoms with van der Waals surface area (Å²) in [5, 5.41) is 0. The molecule has 14 heavy (non-hydrogen) atoms. The van der Waals surface area contributed by atoms with Gasteiger partial charge >= 0.3 is 0 Å². The standard InChI is InChI=1S/C13H19N/c1-11(14)13(9-10-13)8-7-12-5-3-2-4-6-12/h2-6,11H,7-10,14H2,1H3. The van der Waals surface area contributed by atoms with E-state index in [0.29, 0.717) is 11.5 Å². The van der Waals surface area contributed by atoms with Gasteiger partial charge in [0.2, 0.25) is 0 Å². The molecule has 0 amide bonds. The summed E-state index contributed by atoms with van der Waals surface area (Å²) in [4.78, 5) is 0. The van der Waals surface area contributed by atoms with Crippen molar-refractivity contribution in [2.75, 3.05) is 0 Å². The Morgan fingerprint density at radius 3 is 2.43 bits per heavy atom. The summed E-state index contributed by atoms with van der Waals surface area (Å²) in [6.45, 7) is 2.15. The SMILES string of the molecule is CC(N)C1(CCc2ccccc2)CC1. The Morgan fingerprint density at radius 1 is 1.29 bits per heavy atom. The zero-order chi connectivity index (χ0) is 10.0. The van der Waals surface area contributed by atoms with Crippen LogP contribution in [0, 0.1) is 5.41 Å². The van der Waals surface area contributed by atoms with E-state index in [4.69, 9.17) is 5.73 Å². The fourth-order valence-corrected chi connectivity index (χ4v) is 2.13. The Hall–Kier alpha value is -0.820. The second kappa shape index (κ2) is 3.74. The average molecular weight is 189 g/mol. The molecule has 0 aliphatic heterocycles. The van der Waals surface area contributed by atoms with E-state index in [0.717, 1.165) is 0 Å². The second-order valence-corrected chi connectivity index (χ2v) is 4.64. The molecule has 76 valence electrons. The highest BCUT2D eigenvalue weighted by Gasteiger charge is 2.44. The fraction of sp³-hybridized carbons (Fsp3) is 0.538. The summed E-state index contributed by atoms with van der Waals surface area (Å²) >= 11 is 0. The van der Waals surface area contributed by atoms with Crippen LogP contribution in [0.15, 0.2) is 30.3 Å². The Kier molecular flexibility index (Phi) is 2.60. The Morgan fingerprint density at radius 2 is 1.93 bits per heavy atom. The van der Waals surface area contributed by atoms with Crippen molar-refractivity contribution >= 4 is 0 Å². The average Bonchev–Trinajstić information content (AvgIpc) is 2.97. The van der Waals surface area contributed by atoms with E-state index in [1.54, 1.807) is 0 Å². The van der Waals surface area contributed by atoms with E-state index in [2.05, 4.69) is 37.3 Å². The van der Waals surface area contributed by atoms with Crippen molar-refractivity contribution in [3.8, 4) is 0 Å². The van der Waals surface area contributed by atoms with Gasteiger partial charge in [0.15, 0.2) is 0 Å². The molecule has 1 aromatic carbocycles. The highest BCUT2D eigenvalue weighted by molar-refractivity contribution is 5.16. The van der Waals surface area contributed by atoms with Crippen molar-refractivity contribution in [3.63, 3.8) is 0 Å². The molecular weight excluding hydrogens is 170 g/mol. The molecule has 1 aliphatic carbocycles. The summed E-state index contributed by atoms with van der Waals surface area (Å²) in [5.41, 5.74) is 7.92. The number of nitrogens with two attached hydrogens (primary N) is 1. The van der Waals surface area contributed by atoms with Crippen LogP contribution in [0.5, 0.6) is 0 Å². The van der Waals surface area contributed by atoms with Gasteiger partial charge in [0.1, 0.15) is 0 Å². The number of aryl methyl sites for hydroxylation is 1. The first kappa shape index (κ1) is 9.72. The maximum Gasteiger partial charge on any atom is 0.00671 e. The van der Waals surface area contributed by atoms with E-state index in [9.17, 15) is 0 Å². The summed E-state index contributed by atoms with van der Waals surface area (Å²) in [5.74, 6) is 0. The lowest BCUT2D eigenvalue weighted by atomic mass is 9.91. The monoisotopic (exact) mass is 189 g/mol. The molecular formula is C13H19N. The number of rotatable bonds is 4. The van der Waals surface area contributed by atoms with Crippen LogP contribution >= 0.6 is 0 Å². The summed E-state index contributed by atoms with van der Waals surface area (Å²) < 4.78 is 0.